The Morgan fingerprint density at radius 2 is 1.29 bits per heavy atom. The van der Waals surface area contributed by atoms with Crippen molar-refractivity contribution in [2.45, 2.75) is 0 Å². The number of nitrogens with one attached hydrogen (secondary N) is 2. The Labute approximate surface area is 202 Å². The molecule has 176 valence electrons. The zero-order chi connectivity index (χ0) is 24.6. The molecule has 4 rings (SSSR count). The van der Waals surface area contributed by atoms with Gasteiger partial charge in [-0.15, -0.1) is 0 Å². The van der Waals surface area contributed by atoms with Gasteiger partial charge in [-0.3, -0.25) is 9.59 Å². The average molecular weight is 469 g/mol. The second kappa shape index (κ2) is 10.8. The number of hydrogen-bond donors (Lipinski definition) is 2. The van der Waals surface area contributed by atoms with Gasteiger partial charge in [0.2, 0.25) is 5.88 Å². The smallest absolute Gasteiger partial charge is 0.261 e. The quantitative estimate of drug-likeness (QED) is 0.359. The van der Waals surface area contributed by atoms with E-state index in [2.05, 4.69) is 15.6 Å². The molecule has 0 aliphatic rings. The molecule has 0 atom stereocenters. The molecule has 0 radical (unpaired) electrons. The zero-order valence-electron chi connectivity index (χ0n) is 19.1. The molecule has 0 bridgehead atoms. The van der Waals surface area contributed by atoms with E-state index in [0.717, 1.165) is 0 Å². The highest BCUT2D eigenvalue weighted by Gasteiger charge is 2.19. The molecular weight excluding hydrogens is 446 g/mol. The van der Waals surface area contributed by atoms with Crippen LogP contribution in [0, 0.1) is 0 Å². The Balaban J connectivity index is 1.59. The van der Waals surface area contributed by atoms with E-state index in [1.807, 2.05) is 24.3 Å². The molecule has 8 heteroatoms. The van der Waals surface area contributed by atoms with Crippen LogP contribution in [-0.4, -0.2) is 31.0 Å². The van der Waals surface area contributed by atoms with E-state index < -0.39 is 5.91 Å². The molecule has 8 nitrogen and oxygen atoms in total. The summed E-state index contributed by atoms with van der Waals surface area (Å²) in [4.78, 5) is 30.0. The summed E-state index contributed by atoms with van der Waals surface area (Å²) in [5.74, 6) is 0.632. The molecule has 0 saturated carbocycles. The van der Waals surface area contributed by atoms with Gasteiger partial charge in [-0.25, -0.2) is 4.98 Å². The Kier molecular flexibility index (Phi) is 7.22. The summed E-state index contributed by atoms with van der Waals surface area (Å²) in [5.41, 5.74) is 1.47. The van der Waals surface area contributed by atoms with Crippen LogP contribution in [0.1, 0.15) is 20.7 Å². The van der Waals surface area contributed by atoms with Crippen molar-refractivity contribution in [2.75, 3.05) is 24.9 Å². The van der Waals surface area contributed by atoms with Crippen molar-refractivity contribution in [3.8, 4) is 23.1 Å². The fourth-order valence-electron chi connectivity index (χ4n) is 3.31. The molecule has 0 aliphatic carbocycles. The van der Waals surface area contributed by atoms with Gasteiger partial charge in [-0.1, -0.05) is 36.4 Å². The van der Waals surface area contributed by atoms with Gasteiger partial charge in [0.15, 0.2) is 0 Å². The Hall–Kier alpha value is -4.85. The van der Waals surface area contributed by atoms with Gasteiger partial charge >= 0.3 is 0 Å². The van der Waals surface area contributed by atoms with E-state index in [0.29, 0.717) is 34.2 Å². The van der Waals surface area contributed by atoms with Gasteiger partial charge < -0.3 is 24.8 Å². The van der Waals surface area contributed by atoms with Gasteiger partial charge in [0.1, 0.15) is 22.8 Å². The number of benzene rings is 3. The maximum Gasteiger partial charge on any atom is 0.261 e. The predicted molar refractivity (Wildman–Crippen MR) is 133 cm³/mol. The number of carbonyl (C=O) groups excluding carboxylic acids is 2. The molecule has 1 heterocycles. The van der Waals surface area contributed by atoms with Gasteiger partial charge in [-0.05, 0) is 36.4 Å². The second-order valence-corrected chi connectivity index (χ2v) is 7.30. The lowest BCUT2D eigenvalue weighted by Crippen LogP contribution is -2.16. The number of amides is 2. The molecule has 2 N–H and O–H groups in total. The molecule has 0 saturated heterocycles. The summed E-state index contributed by atoms with van der Waals surface area (Å²) in [5, 5.41) is 5.63. The number of pyridine rings is 1. The molecule has 3 aromatic carbocycles. The number of para-hydroxylation sites is 1. The minimum Gasteiger partial charge on any atom is -0.494 e. The third-order valence-electron chi connectivity index (χ3n) is 5.03. The van der Waals surface area contributed by atoms with Crippen molar-refractivity contribution in [2.24, 2.45) is 0 Å². The van der Waals surface area contributed by atoms with Crippen molar-refractivity contribution in [1.82, 2.24) is 4.98 Å². The molecule has 0 aliphatic heterocycles. The van der Waals surface area contributed by atoms with Crippen LogP contribution in [0.25, 0.3) is 0 Å². The first-order valence-corrected chi connectivity index (χ1v) is 10.7. The van der Waals surface area contributed by atoms with E-state index >= 15 is 0 Å². The van der Waals surface area contributed by atoms with E-state index in [-0.39, 0.29) is 17.4 Å². The standard InChI is InChI=1S/C27H23N3O5/c1-33-23-17-22(24(34-2)16-21(23)29-25(31)18-10-5-3-6-11-18)30-26(32)20-14-9-15-28-27(20)35-19-12-7-4-8-13-19/h3-17H,1-2H3,(H,29,31)(H,30,32). The fraction of sp³-hybridized carbons (Fsp3) is 0.0741. The van der Waals surface area contributed by atoms with Crippen LogP contribution in [0.2, 0.25) is 0 Å². The van der Waals surface area contributed by atoms with Gasteiger partial charge in [0.05, 0.1) is 25.6 Å². The molecule has 1 aromatic heterocycles. The number of aromatic nitrogens is 1. The summed E-state index contributed by atoms with van der Waals surface area (Å²) in [6.07, 6.45) is 1.54. The topological polar surface area (TPSA) is 98.8 Å². The number of rotatable bonds is 8. The number of hydrogen-bond acceptors (Lipinski definition) is 6. The molecule has 0 spiro atoms. The summed E-state index contributed by atoms with van der Waals surface area (Å²) >= 11 is 0. The number of ether oxygens (including phenoxy) is 3. The maximum atomic E-state index is 13.1. The largest absolute Gasteiger partial charge is 0.494 e. The average Bonchev–Trinajstić information content (AvgIpc) is 2.90. The molecular formula is C27H23N3O5. The predicted octanol–water partition coefficient (Wildman–Crippen LogP) is 5.40. The lowest BCUT2D eigenvalue weighted by molar-refractivity contribution is 0.101. The Morgan fingerprint density at radius 1 is 0.714 bits per heavy atom. The highest BCUT2D eigenvalue weighted by molar-refractivity contribution is 6.08. The molecule has 2 amide bonds. The lowest BCUT2D eigenvalue weighted by atomic mass is 10.2. The first-order chi connectivity index (χ1) is 17.1. The number of carbonyl (C=O) groups is 2. The number of anilines is 2. The maximum absolute atomic E-state index is 13.1. The Bertz CT molecular complexity index is 1330. The van der Waals surface area contributed by atoms with Gasteiger partial charge in [-0.2, -0.15) is 0 Å². The highest BCUT2D eigenvalue weighted by atomic mass is 16.5. The fourth-order valence-corrected chi connectivity index (χ4v) is 3.31. The van der Waals surface area contributed by atoms with E-state index in [1.54, 1.807) is 66.9 Å². The van der Waals surface area contributed by atoms with E-state index in [9.17, 15) is 9.59 Å². The SMILES string of the molecule is COc1cc(NC(=O)c2cccnc2Oc2ccccc2)c(OC)cc1NC(=O)c1ccccc1. The van der Waals surface area contributed by atoms with Crippen LogP contribution in [0.3, 0.4) is 0 Å². The first-order valence-electron chi connectivity index (χ1n) is 10.7. The van der Waals surface area contributed by atoms with Crippen LogP contribution in [0.5, 0.6) is 23.1 Å². The third kappa shape index (κ3) is 5.56. The molecule has 4 aromatic rings. The third-order valence-corrected chi connectivity index (χ3v) is 5.03. The molecule has 35 heavy (non-hydrogen) atoms. The molecule has 0 unspecified atom stereocenters. The van der Waals surface area contributed by atoms with E-state index in [4.69, 9.17) is 14.2 Å². The van der Waals surface area contributed by atoms with Crippen molar-refractivity contribution >= 4 is 23.2 Å². The van der Waals surface area contributed by atoms with Crippen molar-refractivity contribution in [3.63, 3.8) is 0 Å². The van der Waals surface area contributed by atoms with Crippen LogP contribution in [-0.2, 0) is 0 Å². The van der Waals surface area contributed by atoms with Crippen molar-refractivity contribution in [1.29, 1.82) is 0 Å². The van der Waals surface area contributed by atoms with Crippen LogP contribution < -0.4 is 24.8 Å². The van der Waals surface area contributed by atoms with Crippen LogP contribution in [0.4, 0.5) is 11.4 Å². The second-order valence-electron chi connectivity index (χ2n) is 7.30. The minimum absolute atomic E-state index is 0.161. The summed E-state index contributed by atoms with van der Waals surface area (Å²) in [6, 6.07) is 24.3. The monoisotopic (exact) mass is 469 g/mol. The molecule has 0 fully saturated rings. The first kappa shape index (κ1) is 23.3. The number of nitrogens with zero attached hydrogens (tertiary/aromatic N) is 1. The lowest BCUT2D eigenvalue weighted by Gasteiger charge is -2.17. The van der Waals surface area contributed by atoms with Crippen molar-refractivity contribution < 1.29 is 23.8 Å². The summed E-state index contributed by atoms with van der Waals surface area (Å²) < 4.78 is 16.7. The summed E-state index contributed by atoms with van der Waals surface area (Å²) in [6.45, 7) is 0. The van der Waals surface area contributed by atoms with Crippen LogP contribution in [0.15, 0.2) is 91.1 Å². The van der Waals surface area contributed by atoms with Gasteiger partial charge in [0, 0.05) is 23.9 Å². The summed E-state index contributed by atoms with van der Waals surface area (Å²) in [7, 11) is 2.94. The Morgan fingerprint density at radius 3 is 1.89 bits per heavy atom. The zero-order valence-corrected chi connectivity index (χ0v) is 19.1. The number of methoxy groups -OCH3 is 2. The normalized spacial score (nSPS) is 10.2. The van der Waals surface area contributed by atoms with Crippen LogP contribution >= 0.6 is 0 Å². The van der Waals surface area contributed by atoms with Crippen molar-refractivity contribution in [3.05, 3.63) is 102 Å². The van der Waals surface area contributed by atoms with E-state index in [1.165, 1.54) is 14.2 Å². The van der Waals surface area contributed by atoms with Gasteiger partial charge in [0.25, 0.3) is 11.8 Å². The minimum atomic E-state index is -0.453. The highest BCUT2D eigenvalue weighted by Crippen LogP contribution is 2.37.